The lowest BCUT2D eigenvalue weighted by molar-refractivity contribution is -0.142. The fourth-order valence-corrected chi connectivity index (χ4v) is 3.49. The van der Waals surface area contributed by atoms with Gasteiger partial charge in [-0.25, -0.2) is 9.59 Å². The number of aromatic carboxylic acids is 1. The van der Waals surface area contributed by atoms with Crippen molar-refractivity contribution >= 4 is 17.8 Å². The summed E-state index contributed by atoms with van der Waals surface area (Å²) in [6, 6.07) is 23.2. The van der Waals surface area contributed by atoms with E-state index in [1.54, 1.807) is 19.1 Å². The minimum atomic E-state index is -1.17. The quantitative estimate of drug-likeness (QED) is 0.520. The molecule has 3 N–H and O–H groups in total. The van der Waals surface area contributed by atoms with Gasteiger partial charge < -0.3 is 15.5 Å². The lowest BCUT2D eigenvalue weighted by Crippen LogP contribution is -2.50. The molecule has 3 rings (SSSR count). The molecule has 0 fully saturated rings. The fraction of sp³-hybridized carbons (Fsp3) is 0.160. The van der Waals surface area contributed by atoms with E-state index >= 15 is 0 Å². The van der Waals surface area contributed by atoms with Crippen LogP contribution in [0.5, 0.6) is 0 Å². The molecular formula is C25H23NO5. The monoisotopic (exact) mass is 417 g/mol. The number of carboxylic acids is 2. The number of carbonyl (C=O) groups excluding carboxylic acids is 1. The van der Waals surface area contributed by atoms with E-state index in [9.17, 15) is 19.5 Å². The van der Waals surface area contributed by atoms with Crippen LogP contribution in [0.1, 0.15) is 34.0 Å². The molecule has 0 aliphatic rings. The highest BCUT2D eigenvalue weighted by molar-refractivity contribution is 5.94. The predicted octanol–water partition coefficient (Wildman–Crippen LogP) is 3.50. The molecule has 6 heteroatoms. The SMILES string of the molecule is CC(C(=O)N[C@@H](Cc1ccc(C(=O)O)cc1)C(=O)O)(c1ccccc1)c1ccccc1. The van der Waals surface area contributed by atoms with E-state index in [0.717, 1.165) is 11.1 Å². The third-order valence-electron chi connectivity index (χ3n) is 5.40. The Kier molecular flexibility index (Phi) is 6.50. The number of nitrogens with one attached hydrogen (secondary N) is 1. The largest absolute Gasteiger partial charge is 0.480 e. The molecule has 0 aliphatic heterocycles. The van der Waals surface area contributed by atoms with Crippen molar-refractivity contribution in [3.63, 3.8) is 0 Å². The third kappa shape index (κ3) is 4.80. The van der Waals surface area contributed by atoms with Crippen molar-refractivity contribution in [1.82, 2.24) is 5.32 Å². The van der Waals surface area contributed by atoms with Crippen LogP contribution in [0.3, 0.4) is 0 Å². The second kappa shape index (κ2) is 9.26. The summed E-state index contributed by atoms with van der Waals surface area (Å²) in [4.78, 5) is 36.4. The molecule has 0 bridgehead atoms. The highest BCUT2D eigenvalue weighted by atomic mass is 16.4. The second-order valence-electron chi connectivity index (χ2n) is 7.43. The summed E-state index contributed by atoms with van der Waals surface area (Å²) in [7, 11) is 0. The molecule has 0 saturated heterocycles. The molecule has 1 atom stereocenters. The summed E-state index contributed by atoms with van der Waals surface area (Å²) in [6.07, 6.45) is 0.0284. The molecule has 6 nitrogen and oxygen atoms in total. The zero-order chi connectivity index (χ0) is 22.4. The van der Waals surface area contributed by atoms with Gasteiger partial charge >= 0.3 is 11.9 Å². The normalized spacial score (nSPS) is 12.0. The van der Waals surface area contributed by atoms with E-state index in [-0.39, 0.29) is 12.0 Å². The smallest absolute Gasteiger partial charge is 0.335 e. The molecule has 0 aliphatic carbocycles. The molecule has 0 aromatic heterocycles. The Morgan fingerprint density at radius 2 is 1.29 bits per heavy atom. The molecule has 0 heterocycles. The molecule has 3 aromatic carbocycles. The zero-order valence-corrected chi connectivity index (χ0v) is 17.0. The standard InChI is InChI=1S/C25H23NO5/c1-25(19-8-4-2-5-9-19,20-10-6-3-7-11-20)24(31)26-21(23(29)30)16-17-12-14-18(15-13-17)22(27)28/h2-15,21H,16H2,1H3,(H,26,31)(H,27,28)(H,29,30)/t21-/m0/s1. The van der Waals surface area contributed by atoms with Crippen molar-refractivity contribution in [3.05, 3.63) is 107 Å². The Morgan fingerprint density at radius 3 is 1.71 bits per heavy atom. The van der Waals surface area contributed by atoms with Gasteiger partial charge in [-0.1, -0.05) is 72.8 Å². The predicted molar refractivity (Wildman–Crippen MR) is 116 cm³/mol. The van der Waals surface area contributed by atoms with E-state index < -0.39 is 29.3 Å². The van der Waals surface area contributed by atoms with Crippen LogP contribution in [0, 0.1) is 0 Å². The Morgan fingerprint density at radius 1 is 0.806 bits per heavy atom. The Hall–Kier alpha value is -3.93. The van der Waals surface area contributed by atoms with Crippen molar-refractivity contribution in [2.75, 3.05) is 0 Å². The maximum atomic E-state index is 13.5. The number of rotatable bonds is 8. The molecule has 0 saturated carbocycles. The summed E-state index contributed by atoms with van der Waals surface area (Å²) in [5, 5.41) is 21.4. The molecule has 158 valence electrons. The Bertz CT molecular complexity index is 1020. The van der Waals surface area contributed by atoms with Crippen molar-refractivity contribution in [2.24, 2.45) is 0 Å². The number of benzene rings is 3. The molecule has 3 aromatic rings. The molecule has 0 radical (unpaired) electrons. The van der Waals surface area contributed by atoms with Gasteiger partial charge in [0, 0.05) is 6.42 Å². The van der Waals surface area contributed by atoms with Crippen molar-refractivity contribution in [1.29, 1.82) is 0 Å². The molecule has 0 unspecified atom stereocenters. The number of aliphatic carboxylic acids is 1. The minimum absolute atomic E-state index is 0.0284. The number of carbonyl (C=O) groups is 3. The van der Waals surface area contributed by atoms with Gasteiger partial charge in [-0.3, -0.25) is 4.79 Å². The van der Waals surface area contributed by atoms with Crippen LogP contribution in [0.4, 0.5) is 0 Å². The number of carboxylic acid groups (broad SMARTS) is 2. The lowest BCUT2D eigenvalue weighted by Gasteiger charge is -2.31. The van der Waals surface area contributed by atoms with Gasteiger partial charge in [0.25, 0.3) is 0 Å². The van der Waals surface area contributed by atoms with Gasteiger partial charge in [0.1, 0.15) is 6.04 Å². The third-order valence-corrected chi connectivity index (χ3v) is 5.40. The van der Waals surface area contributed by atoms with Gasteiger partial charge in [-0.15, -0.1) is 0 Å². The Balaban J connectivity index is 1.90. The van der Waals surface area contributed by atoms with Crippen LogP contribution in [0.15, 0.2) is 84.9 Å². The first kappa shape index (κ1) is 21.8. The van der Waals surface area contributed by atoms with Gasteiger partial charge in [-0.2, -0.15) is 0 Å². The summed E-state index contributed by atoms with van der Waals surface area (Å²) in [6.45, 7) is 1.77. The van der Waals surface area contributed by atoms with Crippen LogP contribution in [0.2, 0.25) is 0 Å². The van der Waals surface area contributed by atoms with E-state index in [4.69, 9.17) is 5.11 Å². The van der Waals surface area contributed by atoms with Gasteiger partial charge in [-0.05, 0) is 35.7 Å². The van der Waals surface area contributed by atoms with Gasteiger partial charge in [0.15, 0.2) is 0 Å². The van der Waals surface area contributed by atoms with Crippen LogP contribution in [-0.4, -0.2) is 34.1 Å². The highest BCUT2D eigenvalue weighted by Gasteiger charge is 2.38. The molecule has 1 amide bonds. The van der Waals surface area contributed by atoms with Crippen molar-refractivity contribution < 1.29 is 24.6 Å². The lowest BCUT2D eigenvalue weighted by atomic mass is 9.75. The van der Waals surface area contributed by atoms with Crippen molar-refractivity contribution in [2.45, 2.75) is 24.8 Å². The summed E-state index contributed by atoms with van der Waals surface area (Å²) < 4.78 is 0. The molecule has 0 spiro atoms. The maximum Gasteiger partial charge on any atom is 0.335 e. The average molecular weight is 417 g/mol. The fourth-order valence-electron chi connectivity index (χ4n) is 3.49. The average Bonchev–Trinajstić information content (AvgIpc) is 2.79. The Labute approximate surface area is 180 Å². The second-order valence-corrected chi connectivity index (χ2v) is 7.43. The van der Waals surface area contributed by atoms with E-state index in [0.29, 0.717) is 5.56 Å². The number of hydrogen-bond acceptors (Lipinski definition) is 3. The van der Waals surface area contributed by atoms with Crippen LogP contribution < -0.4 is 5.32 Å². The van der Waals surface area contributed by atoms with E-state index in [1.807, 2.05) is 60.7 Å². The summed E-state index contributed by atoms with van der Waals surface area (Å²) in [5.41, 5.74) is 1.12. The first-order chi connectivity index (χ1) is 14.8. The van der Waals surface area contributed by atoms with Crippen LogP contribution in [0.25, 0.3) is 0 Å². The molecule has 31 heavy (non-hydrogen) atoms. The van der Waals surface area contributed by atoms with Gasteiger partial charge in [0.05, 0.1) is 11.0 Å². The topological polar surface area (TPSA) is 104 Å². The first-order valence-corrected chi connectivity index (χ1v) is 9.79. The summed E-state index contributed by atoms with van der Waals surface area (Å²) >= 11 is 0. The van der Waals surface area contributed by atoms with E-state index in [2.05, 4.69) is 5.32 Å². The summed E-state index contributed by atoms with van der Waals surface area (Å²) in [5.74, 6) is -2.66. The number of amides is 1. The highest BCUT2D eigenvalue weighted by Crippen LogP contribution is 2.32. The van der Waals surface area contributed by atoms with Gasteiger partial charge in [0.2, 0.25) is 5.91 Å². The molecular weight excluding hydrogens is 394 g/mol. The van der Waals surface area contributed by atoms with Crippen LogP contribution >= 0.6 is 0 Å². The minimum Gasteiger partial charge on any atom is -0.480 e. The van der Waals surface area contributed by atoms with E-state index in [1.165, 1.54) is 12.1 Å². The zero-order valence-electron chi connectivity index (χ0n) is 17.0. The van der Waals surface area contributed by atoms with Crippen LogP contribution in [-0.2, 0) is 21.4 Å². The maximum absolute atomic E-state index is 13.5. The first-order valence-electron chi connectivity index (χ1n) is 9.79. The number of hydrogen-bond donors (Lipinski definition) is 3. The van der Waals surface area contributed by atoms with Crippen molar-refractivity contribution in [3.8, 4) is 0 Å².